The van der Waals surface area contributed by atoms with Crippen molar-refractivity contribution in [2.45, 2.75) is 78.1 Å². The van der Waals surface area contributed by atoms with E-state index in [2.05, 4.69) is 6.92 Å². The van der Waals surface area contributed by atoms with Crippen LogP contribution in [0.4, 0.5) is 0 Å². The number of rotatable bonds is 7. The average Bonchev–Trinajstić information content (AvgIpc) is 3.12. The van der Waals surface area contributed by atoms with E-state index in [1.54, 1.807) is 6.20 Å². The second-order valence-corrected chi connectivity index (χ2v) is 11.3. The van der Waals surface area contributed by atoms with Crippen molar-refractivity contribution < 1.29 is 38.8 Å². The number of aliphatic hydroxyl groups is 2. The maximum atomic E-state index is 13.9. The molecule has 4 rings (SSSR count). The number of ketones is 1. The Hall–Kier alpha value is -2.65. The highest BCUT2D eigenvalue weighted by Gasteiger charge is 2.64. The van der Waals surface area contributed by atoms with E-state index in [1.807, 2.05) is 25.8 Å². The van der Waals surface area contributed by atoms with Crippen LogP contribution in [-0.4, -0.2) is 78.5 Å². The van der Waals surface area contributed by atoms with Gasteiger partial charge < -0.3 is 29.3 Å². The quantitative estimate of drug-likeness (QED) is 0.388. The Morgan fingerprint density at radius 3 is 2.59 bits per heavy atom. The fourth-order valence-electron chi connectivity index (χ4n) is 6.96. The van der Waals surface area contributed by atoms with E-state index in [-0.39, 0.29) is 23.7 Å². The zero-order valence-electron chi connectivity index (χ0n) is 22.6. The summed E-state index contributed by atoms with van der Waals surface area (Å²) >= 11 is 0. The minimum atomic E-state index is -1.19. The van der Waals surface area contributed by atoms with E-state index >= 15 is 0 Å². The Morgan fingerprint density at radius 2 is 1.97 bits per heavy atom. The number of methoxy groups -OCH3 is 1. The number of esters is 2. The van der Waals surface area contributed by atoms with Gasteiger partial charge in [0.05, 0.1) is 23.7 Å². The molecule has 0 aromatic rings. The van der Waals surface area contributed by atoms with Crippen LogP contribution in [0.3, 0.4) is 0 Å². The normalized spacial score (nSPS) is 36.2. The molecule has 4 aliphatic rings. The van der Waals surface area contributed by atoms with Gasteiger partial charge in [-0.05, 0) is 44.1 Å². The van der Waals surface area contributed by atoms with Crippen molar-refractivity contribution in [3.05, 3.63) is 34.3 Å². The van der Waals surface area contributed by atoms with Gasteiger partial charge >= 0.3 is 11.9 Å². The number of nitrogens with zero attached hydrogens (tertiary/aromatic N) is 1. The van der Waals surface area contributed by atoms with Gasteiger partial charge in [0.15, 0.2) is 5.76 Å². The lowest BCUT2D eigenvalue weighted by Crippen LogP contribution is -2.57. The van der Waals surface area contributed by atoms with Gasteiger partial charge in [0.25, 0.3) is 0 Å². The summed E-state index contributed by atoms with van der Waals surface area (Å²) in [4.78, 5) is 41.3. The molecule has 0 amide bonds. The van der Waals surface area contributed by atoms with Crippen molar-refractivity contribution in [2.75, 3.05) is 27.3 Å². The van der Waals surface area contributed by atoms with E-state index in [9.17, 15) is 24.6 Å². The highest BCUT2D eigenvalue weighted by Crippen LogP contribution is 2.63. The summed E-state index contributed by atoms with van der Waals surface area (Å²) in [5, 5.41) is 22.4. The van der Waals surface area contributed by atoms with Crippen LogP contribution in [0.1, 0.15) is 59.8 Å². The van der Waals surface area contributed by atoms with E-state index in [4.69, 9.17) is 14.2 Å². The first-order chi connectivity index (χ1) is 17.4. The van der Waals surface area contributed by atoms with Crippen LogP contribution in [0, 0.1) is 16.7 Å². The van der Waals surface area contributed by atoms with Crippen molar-refractivity contribution in [2.24, 2.45) is 16.7 Å². The molecule has 0 spiro atoms. The number of aliphatic hydroxyl groups excluding tert-OH is 2. The average molecular weight is 518 g/mol. The highest BCUT2D eigenvalue weighted by molar-refractivity contribution is 6.13. The molecule has 9 heteroatoms. The number of hydrogen-bond donors (Lipinski definition) is 2. The molecule has 1 aliphatic heterocycles. The summed E-state index contributed by atoms with van der Waals surface area (Å²) in [6.07, 6.45) is 2.47. The molecule has 6 atom stereocenters. The lowest BCUT2D eigenvalue weighted by molar-refractivity contribution is -0.161. The number of hydrogen-bond acceptors (Lipinski definition) is 9. The van der Waals surface area contributed by atoms with Crippen LogP contribution in [0.5, 0.6) is 0 Å². The third-order valence-corrected chi connectivity index (χ3v) is 8.87. The third kappa shape index (κ3) is 4.20. The first-order valence-electron chi connectivity index (χ1n) is 13.1. The van der Waals surface area contributed by atoms with E-state index in [1.165, 1.54) is 14.0 Å². The molecule has 0 radical (unpaired) electrons. The SMILES string of the molecule is CCCCN(C)C=C1C(=O)O[C@H](COC)[C@@]2(C)C1=C(O)C(=O)C1=C2[C@H](OC(C)=O)C[C@@]2(C)C1CC[C@@H]2O. The smallest absolute Gasteiger partial charge is 0.340 e. The molecule has 204 valence electrons. The Bertz CT molecular complexity index is 1090. The van der Waals surface area contributed by atoms with Crippen LogP contribution >= 0.6 is 0 Å². The van der Waals surface area contributed by atoms with Crippen LogP contribution in [0.25, 0.3) is 0 Å². The van der Waals surface area contributed by atoms with Gasteiger partial charge in [0.1, 0.15) is 12.2 Å². The highest BCUT2D eigenvalue weighted by atomic mass is 16.6. The molecule has 1 saturated carbocycles. The molecule has 0 aromatic carbocycles. The molecular formula is C28H39NO8. The first-order valence-corrected chi connectivity index (χ1v) is 13.1. The number of unbranched alkanes of at least 4 members (excludes halogenated alkanes) is 1. The summed E-state index contributed by atoms with van der Waals surface area (Å²) < 4.78 is 17.2. The molecule has 2 fully saturated rings. The van der Waals surface area contributed by atoms with Crippen LogP contribution in [-0.2, 0) is 28.6 Å². The fraction of sp³-hybridized carbons (Fsp3) is 0.679. The summed E-state index contributed by atoms with van der Waals surface area (Å²) in [5.74, 6) is -2.59. The van der Waals surface area contributed by atoms with Gasteiger partial charge in [-0.15, -0.1) is 0 Å². The number of carbonyl (C=O) groups is 3. The predicted molar refractivity (Wildman–Crippen MR) is 134 cm³/mol. The molecule has 0 bridgehead atoms. The molecule has 37 heavy (non-hydrogen) atoms. The zero-order valence-corrected chi connectivity index (χ0v) is 22.6. The molecule has 0 aromatic heterocycles. The third-order valence-electron chi connectivity index (χ3n) is 8.87. The molecule has 9 nitrogen and oxygen atoms in total. The minimum Gasteiger partial charge on any atom is -0.504 e. The monoisotopic (exact) mass is 517 g/mol. The van der Waals surface area contributed by atoms with E-state index in [0.717, 1.165) is 12.8 Å². The lowest BCUT2D eigenvalue weighted by Gasteiger charge is -2.54. The minimum absolute atomic E-state index is 0.0142. The van der Waals surface area contributed by atoms with Crippen molar-refractivity contribution in [1.29, 1.82) is 0 Å². The van der Waals surface area contributed by atoms with Crippen LogP contribution < -0.4 is 0 Å². The number of Topliss-reactive ketones (excluding diaryl/α,β-unsaturated/α-hetero) is 1. The zero-order chi connectivity index (χ0) is 27.3. The summed E-state index contributed by atoms with van der Waals surface area (Å²) in [5.41, 5.74) is -0.718. The maximum Gasteiger partial charge on any atom is 0.340 e. The van der Waals surface area contributed by atoms with Crippen molar-refractivity contribution in [3.8, 4) is 0 Å². The Balaban J connectivity index is 1.98. The van der Waals surface area contributed by atoms with Gasteiger partial charge in [-0.25, -0.2) is 4.79 Å². The molecule has 3 aliphatic carbocycles. The van der Waals surface area contributed by atoms with Gasteiger partial charge in [-0.3, -0.25) is 9.59 Å². The van der Waals surface area contributed by atoms with Gasteiger partial charge in [-0.2, -0.15) is 0 Å². The molecule has 1 heterocycles. The van der Waals surface area contributed by atoms with Crippen molar-refractivity contribution in [1.82, 2.24) is 4.90 Å². The van der Waals surface area contributed by atoms with Crippen molar-refractivity contribution >= 4 is 17.7 Å². The summed E-state index contributed by atoms with van der Waals surface area (Å²) in [6, 6.07) is 0. The van der Waals surface area contributed by atoms with Crippen molar-refractivity contribution in [3.63, 3.8) is 0 Å². The molecule has 2 N–H and O–H groups in total. The largest absolute Gasteiger partial charge is 0.504 e. The first kappa shape index (κ1) is 27.4. The second kappa shape index (κ2) is 9.91. The van der Waals surface area contributed by atoms with E-state index in [0.29, 0.717) is 37.0 Å². The Labute approximate surface area is 218 Å². The van der Waals surface area contributed by atoms with E-state index < -0.39 is 52.6 Å². The number of carbonyl (C=O) groups excluding carboxylic acids is 3. The van der Waals surface area contributed by atoms with Crippen LogP contribution in [0.15, 0.2) is 34.3 Å². The van der Waals surface area contributed by atoms with Gasteiger partial charge in [0.2, 0.25) is 5.78 Å². The number of cyclic esters (lactones) is 1. The number of ether oxygens (including phenoxy) is 3. The van der Waals surface area contributed by atoms with Gasteiger partial charge in [0, 0.05) is 50.4 Å². The number of fused-ring (bicyclic) bond motifs is 4. The fourth-order valence-corrected chi connectivity index (χ4v) is 6.96. The Kier molecular flexibility index (Phi) is 7.33. The second-order valence-electron chi connectivity index (χ2n) is 11.3. The molecule has 1 saturated heterocycles. The molecular weight excluding hydrogens is 478 g/mol. The van der Waals surface area contributed by atoms with Gasteiger partial charge in [-0.1, -0.05) is 20.3 Å². The topological polar surface area (TPSA) is 123 Å². The predicted octanol–water partition coefficient (Wildman–Crippen LogP) is 2.98. The lowest BCUT2D eigenvalue weighted by atomic mass is 9.53. The van der Waals surface area contributed by atoms with Crippen LogP contribution in [0.2, 0.25) is 0 Å². The standard InChI is InChI=1S/C28H39NO8/c1-7-8-11-29(5)13-16-22-25(33)24(32)21-17-9-10-19(31)27(17,3)12-18(36-15(2)30)23(21)28(22,4)20(14-35-6)37-26(16)34/h13,17-20,31,33H,7-12,14H2,1-6H3/t17?,18-,19+,20-,27+,28+/m1/s1. The summed E-state index contributed by atoms with van der Waals surface area (Å²) in [7, 11) is 3.32. The Morgan fingerprint density at radius 1 is 1.27 bits per heavy atom. The number of allylic oxidation sites excluding steroid dienone is 1. The maximum absolute atomic E-state index is 13.9. The molecule has 1 unspecified atom stereocenters. The summed E-state index contributed by atoms with van der Waals surface area (Å²) in [6.45, 7) is 7.79.